The van der Waals surface area contributed by atoms with E-state index in [2.05, 4.69) is 0 Å². The number of carboxylic acids is 1. The lowest BCUT2D eigenvalue weighted by molar-refractivity contribution is -0.144. The summed E-state index contributed by atoms with van der Waals surface area (Å²) in [5.74, 6) is -0.544. The standard InChI is InChI=1S/C13H21NO4/c1-18-13(4-2-5-13)8-11(15)14-6-3-10(9-14)7-12(16)17/h10H,2-9H2,1H3,(H,16,17). The van der Waals surface area contributed by atoms with E-state index in [0.717, 1.165) is 25.7 Å². The van der Waals surface area contributed by atoms with Crippen molar-refractivity contribution in [3.8, 4) is 0 Å². The summed E-state index contributed by atoms with van der Waals surface area (Å²) in [6, 6.07) is 0. The summed E-state index contributed by atoms with van der Waals surface area (Å²) >= 11 is 0. The number of carbonyl (C=O) groups is 2. The Balaban J connectivity index is 1.82. The van der Waals surface area contributed by atoms with Crippen molar-refractivity contribution in [3.05, 3.63) is 0 Å². The Morgan fingerprint density at radius 1 is 1.44 bits per heavy atom. The van der Waals surface area contributed by atoms with Crippen LogP contribution < -0.4 is 0 Å². The van der Waals surface area contributed by atoms with Gasteiger partial charge in [0.1, 0.15) is 0 Å². The zero-order chi connectivity index (χ0) is 13.2. The first kappa shape index (κ1) is 13.3. The molecule has 1 unspecified atom stereocenters. The van der Waals surface area contributed by atoms with Gasteiger partial charge in [0, 0.05) is 26.6 Å². The molecular weight excluding hydrogens is 234 g/mol. The summed E-state index contributed by atoms with van der Waals surface area (Å²) in [5.41, 5.74) is -0.234. The van der Waals surface area contributed by atoms with Crippen LogP contribution in [0.4, 0.5) is 0 Å². The molecule has 2 fully saturated rings. The topological polar surface area (TPSA) is 66.8 Å². The average molecular weight is 255 g/mol. The van der Waals surface area contributed by atoms with Crippen molar-refractivity contribution in [1.29, 1.82) is 0 Å². The quantitative estimate of drug-likeness (QED) is 0.803. The fourth-order valence-corrected chi connectivity index (χ4v) is 2.88. The van der Waals surface area contributed by atoms with E-state index < -0.39 is 5.97 Å². The van der Waals surface area contributed by atoms with Crippen molar-refractivity contribution < 1.29 is 19.4 Å². The smallest absolute Gasteiger partial charge is 0.303 e. The number of amides is 1. The van der Waals surface area contributed by atoms with Crippen molar-refractivity contribution in [2.24, 2.45) is 5.92 Å². The van der Waals surface area contributed by atoms with Gasteiger partial charge in [-0.1, -0.05) is 0 Å². The highest BCUT2D eigenvalue weighted by atomic mass is 16.5. The molecule has 1 amide bonds. The molecule has 0 aromatic carbocycles. The molecule has 0 aromatic rings. The third kappa shape index (κ3) is 2.83. The Morgan fingerprint density at radius 2 is 2.17 bits per heavy atom. The Labute approximate surface area is 107 Å². The number of aliphatic carboxylic acids is 1. The predicted molar refractivity (Wildman–Crippen MR) is 65.1 cm³/mol. The molecule has 18 heavy (non-hydrogen) atoms. The number of methoxy groups -OCH3 is 1. The van der Waals surface area contributed by atoms with E-state index in [1.54, 1.807) is 12.0 Å². The number of carbonyl (C=O) groups excluding carboxylic acids is 1. The van der Waals surface area contributed by atoms with Crippen LogP contribution in [0.3, 0.4) is 0 Å². The van der Waals surface area contributed by atoms with Crippen LogP contribution in [0.15, 0.2) is 0 Å². The van der Waals surface area contributed by atoms with Crippen LogP contribution >= 0.6 is 0 Å². The molecule has 1 aliphatic heterocycles. The largest absolute Gasteiger partial charge is 0.481 e. The number of hydrogen-bond acceptors (Lipinski definition) is 3. The van der Waals surface area contributed by atoms with E-state index in [1.165, 1.54) is 0 Å². The zero-order valence-electron chi connectivity index (χ0n) is 10.9. The SMILES string of the molecule is COC1(CC(=O)N2CCC(CC(=O)O)C2)CCC1. The van der Waals surface area contributed by atoms with Crippen LogP contribution in [0.1, 0.15) is 38.5 Å². The summed E-state index contributed by atoms with van der Waals surface area (Å²) < 4.78 is 5.45. The van der Waals surface area contributed by atoms with Gasteiger partial charge in [0.25, 0.3) is 0 Å². The van der Waals surface area contributed by atoms with E-state index >= 15 is 0 Å². The van der Waals surface area contributed by atoms with Gasteiger partial charge in [-0.2, -0.15) is 0 Å². The van der Waals surface area contributed by atoms with Crippen LogP contribution in [0.2, 0.25) is 0 Å². The fraction of sp³-hybridized carbons (Fsp3) is 0.846. The van der Waals surface area contributed by atoms with E-state index in [4.69, 9.17) is 9.84 Å². The molecule has 1 saturated carbocycles. The van der Waals surface area contributed by atoms with E-state index in [1.807, 2.05) is 0 Å². The maximum atomic E-state index is 12.1. The van der Waals surface area contributed by atoms with Gasteiger partial charge in [-0.05, 0) is 31.6 Å². The third-order valence-corrected chi connectivity index (χ3v) is 4.27. The van der Waals surface area contributed by atoms with Gasteiger partial charge in [-0.3, -0.25) is 9.59 Å². The highest BCUT2D eigenvalue weighted by Gasteiger charge is 2.41. The molecule has 0 radical (unpaired) electrons. The normalized spacial score (nSPS) is 25.8. The molecule has 1 aliphatic carbocycles. The summed E-state index contributed by atoms with van der Waals surface area (Å²) in [5, 5.41) is 8.75. The van der Waals surface area contributed by atoms with Crippen molar-refractivity contribution in [3.63, 3.8) is 0 Å². The molecule has 1 heterocycles. The van der Waals surface area contributed by atoms with Crippen LogP contribution in [-0.2, 0) is 14.3 Å². The number of ether oxygens (including phenoxy) is 1. The summed E-state index contributed by atoms with van der Waals surface area (Å²) in [6.45, 7) is 1.28. The molecule has 0 aromatic heterocycles. The molecule has 2 rings (SSSR count). The summed E-state index contributed by atoms with van der Waals surface area (Å²) in [4.78, 5) is 24.6. The number of likely N-dealkylation sites (tertiary alicyclic amines) is 1. The monoisotopic (exact) mass is 255 g/mol. The van der Waals surface area contributed by atoms with Crippen molar-refractivity contribution in [2.45, 2.75) is 44.1 Å². The minimum Gasteiger partial charge on any atom is -0.481 e. The van der Waals surface area contributed by atoms with E-state index in [9.17, 15) is 9.59 Å². The zero-order valence-corrected chi connectivity index (χ0v) is 10.9. The molecule has 1 saturated heterocycles. The average Bonchev–Trinajstić information content (AvgIpc) is 2.70. The van der Waals surface area contributed by atoms with Gasteiger partial charge < -0.3 is 14.7 Å². The second-order valence-electron chi connectivity index (χ2n) is 5.51. The third-order valence-electron chi connectivity index (χ3n) is 4.27. The lowest BCUT2D eigenvalue weighted by Crippen LogP contribution is -2.44. The molecule has 102 valence electrons. The second kappa shape index (κ2) is 5.26. The molecule has 0 bridgehead atoms. The highest BCUT2D eigenvalue weighted by Crippen LogP contribution is 2.38. The minimum absolute atomic E-state index is 0.115. The van der Waals surface area contributed by atoms with Crippen molar-refractivity contribution in [2.75, 3.05) is 20.2 Å². The summed E-state index contributed by atoms with van der Waals surface area (Å²) in [7, 11) is 1.67. The number of nitrogens with zero attached hydrogens (tertiary/aromatic N) is 1. The van der Waals surface area contributed by atoms with Gasteiger partial charge in [0.05, 0.1) is 12.0 Å². The molecule has 5 nitrogen and oxygen atoms in total. The molecular formula is C13H21NO4. The maximum Gasteiger partial charge on any atom is 0.303 e. The van der Waals surface area contributed by atoms with Crippen molar-refractivity contribution in [1.82, 2.24) is 4.90 Å². The molecule has 5 heteroatoms. The maximum absolute atomic E-state index is 12.1. The molecule has 1 atom stereocenters. The van der Waals surface area contributed by atoms with Crippen LogP contribution in [0.5, 0.6) is 0 Å². The molecule has 2 aliphatic rings. The predicted octanol–water partition coefficient (Wildman–Crippen LogP) is 1.27. The molecule has 0 spiro atoms. The van der Waals surface area contributed by atoms with Crippen LogP contribution in [0.25, 0.3) is 0 Å². The molecule has 1 N–H and O–H groups in total. The lowest BCUT2D eigenvalue weighted by Gasteiger charge is -2.40. The first-order valence-electron chi connectivity index (χ1n) is 6.59. The van der Waals surface area contributed by atoms with E-state index in [0.29, 0.717) is 19.5 Å². The number of hydrogen-bond donors (Lipinski definition) is 1. The number of rotatable bonds is 5. The minimum atomic E-state index is -0.776. The second-order valence-corrected chi connectivity index (χ2v) is 5.51. The lowest BCUT2D eigenvalue weighted by atomic mass is 9.77. The van der Waals surface area contributed by atoms with Crippen LogP contribution in [0, 0.1) is 5.92 Å². The van der Waals surface area contributed by atoms with Gasteiger partial charge in [-0.25, -0.2) is 0 Å². The van der Waals surface area contributed by atoms with Crippen LogP contribution in [-0.4, -0.2) is 47.7 Å². The Hall–Kier alpha value is -1.10. The Kier molecular flexibility index (Phi) is 3.90. The number of carboxylic acid groups (broad SMARTS) is 1. The first-order valence-corrected chi connectivity index (χ1v) is 6.59. The first-order chi connectivity index (χ1) is 8.54. The fourth-order valence-electron chi connectivity index (χ4n) is 2.88. The Bertz CT molecular complexity index is 332. The summed E-state index contributed by atoms with van der Waals surface area (Å²) in [6.07, 6.45) is 4.46. The van der Waals surface area contributed by atoms with Gasteiger partial charge in [0.2, 0.25) is 5.91 Å². The van der Waals surface area contributed by atoms with Gasteiger partial charge in [-0.15, -0.1) is 0 Å². The van der Waals surface area contributed by atoms with Crippen molar-refractivity contribution >= 4 is 11.9 Å². The Morgan fingerprint density at radius 3 is 2.67 bits per heavy atom. The van der Waals surface area contributed by atoms with Gasteiger partial charge >= 0.3 is 5.97 Å². The highest BCUT2D eigenvalue weighted by molar-refractivity contribution is 5.78. The van der Waals surface area contributed by atoms with E-state index in [-0.39, 0.29) is 23.8 Å². The van der Waals surface area contributed by atoms with Gasteiger partial charge in [0.15, 0.2) is 0 Å².